The highest BCUT2D eigenvalue weighted by molar-refractivity contribution is 5.74. The van der Waals surface area contributed by atoms with Crippen molar-refractivity contribution >= 4 is 5.91 Å². The maximum atomic E-state index is 9.99. The molecule has 0 atom stereocenters. The van der Waals surface area contributed by atoms with Gasteiger partial charge in [-0.2, -0.15) is 0 Å². The highest BCUT2D eigenvalue weighted by atomic mass is 16.3. The van der Waals surface area contributed by atoms with Crippen molar-refractivity contribution in [2.75, 3.05) is 13.2 Å². The van der Waals surface area contributed by atoms with Gasteiger partial charge in [-0.1, -0.05) is 5.92 Å². The van der Waals surface area contributed by atoms with Crippen LogP contribution in [0.5, 0.6) is 0 Å². The molecule has 0 rings (SSSR count). The van der Waals surface area contributed by atoms with Gasteiger partial charge in [0.2, 0.25) is 5.91 Å². The molecule has 4 nitrogen and oxygen atoms in total. The highest BCUT2D eigenvalue weighted by Gasteiger charge is 1.77. The van der Waals surface area contributed by atoms with Gasteiger partial charge in [0, 0.05) is 13.0 Å². The second kappa shape index (κ2) is 11.7. The van der Waals surface area contributed by atoms with E-state index in [0.717, 1.165) is 0 Å². The molecule has 0 aliphatic heterocycles. The summed E-state index contributed by atoms with van der Waals surface area (Å²) in [6, 6.07) is 2.40. The molecule has 0 radical (unpaired) electrons. The van der Waals surface area contributed by atoms with Gasteiger partial charge in [-0.05, 0) is 6.92 Å². The lowest BCUT2D eigenvalue weighted by molar-refractivity contribution is -0.117. The van der Waals surface area contributed by atoms with Crippen molar-refractivity contribution in [1.82, 2.24) is 5.32 Å². The number of nitrogens with one attached hydrogen (secondary N) is 1. The fourth-order valence-corrected chi connectivity index (χ4v) is 0.151. The molecule has 0 bridgehead atoms. The zero-order valence-corrected chi connectivity index (χ0v) is 6.72. The first-order chi connectivity index (χ1) is 5.18. The molecule has 64 valence electrons. The molecule has 0 saturated heterocycles. The second-order valence-electron chi connectivity index (χ2n) is 1.50. The third-order valence-corrected chi connectivity index (χ3v) is 0.464. The van der Waals surface area contributed by atoms with E-state index in [9.17, 15) is 4.79 Å². The summed E-state index contributed by atoms with van der Waals surface area (Å²) in [6.07, 6.45) is 0. The summed E-state index contributed by atoms with van der Waals surface area (Å²) in [7, 11) is 0. The Hall–Kier alpha value is -1.05. The molecular formula is C7H13NO3. The smallest absolute Gasteiger partial charge is 0.228 e. The molecule has 1 amide bonds. The van der Waals surface area contributed by atoms with Gasteiger partial charge in [-0.3, -0.25) is 10.1 Å². The van der Waals surface area contributed by atoms with Gasteiger partial charge in [-0.15, -0.1) is 0 Å². The van der Waals surface area contributed by atoms with Crippen molar-refractivity contribution in [1.29, 1.82) is 0 Å². The molecule has 0 aliphatic carbocycles. The van der Waals surface area contributed by atoms with Gasteiger partial charge < -0.3 is 10.2 Å². The molecule has 0 spiro atoms. The van der Waals surface area contributed by atoms with E-state index in [1.807, 2.05) is 0 Å². The average molecular weight is 159 g/mol. The van der Waals surface area contributed by atoms with Crippen molar-refractivity contribution in [2.24, 2.45) is 0 Å². The van der Waals surface area contributed by atoms with Crippen LogP contribution in [0.15, 0.2) is 0 Å². The number of aliphatic hydroxyl groups excluding tert-OH is 2. The van der Waals surface area contributed by atoms with Gasteiger partial charge in [0.25, 0.3) is 0 Å². The Bertz CT molecular complexity index is 144. The van der Waals surface area contributed by atoms with E-state index in [1.54, 1.807) is 6.92 Å². The molecule has 4 heteroatoms. The Balaban J connectivity index is 0. The Labute approximate surface area is 66.2 Å². The van der Waals surface area contributed by atoms with Crippen LogP contribution >= 0.6 is 0 Å². The van der Waals surface area contributed by atoms with E-state index in [4.69, 9.17) is 10.2 Å². The quantitative estimate of drug-likeness (QED) is 0.342. The summed E-state index contributed by atoms with van der Waals surface area (Å²) in [5, 5.41) is 17.5. The number of rotatable bonds is 1. The van der Waals surface area contributed by atoms with Gasteiger partial charge >= 0.3 is 0 Å². The van der Waals surface area contributed by atoms with Crippen LogP contribution in [0.2, 0.25) is 0 Å². The average Bonchev–Trinajstić information content (AvgIpc) is 2.01. The third-order valence-electron chi connectivity index (χ3n) is 0.464. The summed E-state index contributed by atoms with van der Waals surface area (Å²) in [6.45, 7) is 2.83. The Kier molecular flexibility index (Phi) is 13.4. The van der Waals surface area contributed by atoms with Crippen LogP contribution in [0.25, 0.3) is 0 Å². The minimum atomic E-state index is -0.125. The number of carbonyl (C=O) groups excluding carboxylic acids is 1. The van der Waals surface area contributed by atoms with Crippen molar-refractivity contribution in [3.8, 4) is 12.0 Å². The maximum Gasteiger partial charge on any atom is 0.228 e. The predicted molar refractivity (Wildman–Crippen MR) is 41.4 cm³/mol. The molecule has 11 heavy (non-hydrogen) atoms. The number of carbonyl (C=O) groups is 1. The van der Waals surface area contributed by atoms with E-state index in [1.165, 1.54) is 6.92 Å². The Morgan fingerprint density at radius 2 is 1.91 bits per heavy atom. The number of amides is 1. The summed E-state index contributed by atoms with van der Waals surface area (Å²) in [5.74, 6) is 2.40. The molecular weight excluding hydrogens is 146 g/mol. The van der Waals surface area contributed by atoms with Gasteiger partial charge in [-0.25, -0.2) is 0 Å². The van der Waals surface area contributed by atoms with E-state index in [-0.39, 0.29) is 19.1 Å². The van der Waals surface area contributed by atoms with Crippen LogP contribution in [0.4, 0.5) is 0 Å². The summed E-state index contributed by atoms with van der Waals surface area (Å²) in [5.41, 5.74) is 0. The second-order valence-corrected chi connectivity index (χ2v) is 1.50. The first-order valence-corrected chi connectivity index (χ1v) is 3.09. The number of hydrogen-bond donors (Lipinski definition) is 3. The molecule has 0 fully saturated rings. The standard InChI is InChI=1S/C5H7NO.C2H6O2/c1-3-4-6-5(2)7;3-1-2-4/h1-2H3,(H,6,7);3-4H,1-2H2. The number of aliphatic hydroxyl groups is 2. The molecule has 0 heterocycles. The third kappa shape index (κ3) is 27.7. The molecule has 3 N–H and O–H groups in total. The lowest BCUT2D eigenvalue weighted by atomic mass is 10.7. The van der Waals surface area contributed by atoms with Gasteiger partial charge in [0.1, 0.15) is 0 Å². The molecule has 0 aromatic carbocycles. The minimum absolute atomic E-state index is 0.116. The van der Waals surface area contributed by atoms with Crippen molar-refractivity contribution in [3.05, 3.63) is 0 Å². The molecule has 0 saturated carbocycles. The summed E-state index contributed by atoms with van der Waals surface area (Å²) in [4.78, 5) is 9.99. The zero-order chi connectivity index (χ0) is 9.11. The van der Waals surface area contributed by atoms with E-state index in [0.29, 0.717) is 0 Å². The lowest BCUT2D eigenvalue weighted by Crippen LogP contribution is -2.11. The summed E-state index contributed by atoms with van der Waals surface area (Å²) < 4.78 is 0. The molecule has 0 aromatic heterocycles. The van der Waals surface area contributed by atoms with Crippen LogP contribution in [0.1, 0.15) is 13.8 Å². The summed E-state index contributed by atoms with van der Waals surface area (Å²) >= 11 is 0. The zero-order valence-electron chi connectivity index (χ0n) is 6.72. The van der Waals surface area contributed by atoms with E-state index < -0.39 is 0 Å². The number of hydrogen-bond acceptors (Lipinski definition) is 3. The van der Waals surface area contributed by atoms with E-state index >= 15 is 0 Å². The Morgan fingerprint density at radius 1 is 1.45 bits per heavy atom. The predicted octanol–water partition coefficient (Wildman–Crippen LogP) is -0.926. The fourth-order valence-electron chi connectivity index (χ4n) is 0.151. The van der Waals surface area contributed by atoms with Crippen LogP contribution in [-0.4, -0.2) is 29.3 Å². The van der Waals surface area contributed by atoms with Gasteiger partial charge in [0.15, 0.2) is 0 Å². The largest absolute Gasteiger partial charge is 0.394 e. The monoisotopic (exact) mass is 159 g/mol. The van der Waals surface area contributed by atoms with Crippen molar-refractivity contribution < 1.29 is 15.0 Å². The van der Waals surface area contributed by atoms with Gasteiger partial charge in [0.05, 0.1) is 13.2 Å². The fraction of sp³-hybridized carbons (Fsp3) is 0.571. The minimum Gasteiger partial charge on any atom is -0.394 e. The van der Waals surface area contributed by atoms with Crippen LogP contribution in [0.3, 0.4) is 0 Å². The molecule has 0 aromatic rings. The SMILES string of the molecule is CC#CNC(C)=O.OCCO. The van der Waals surface area contributed by atoms with Crippen LogP contribution in [-0.2, 0) is 4.79 Å². The van der Waals surface area contributed by atoms with E-state index in [2.05, 4.69) is 17.3 Å². The topological polar surface area (TPSA) is 69.6 Å². The van der Waals surface area contributed by atoms with Crippen LogP contribution in [0, 0.1) is 12.0 Å². The molecule has 0 unspecified atom stereocenters. The van der Waals surface area contributed by atoms with Crippen molar-refractivity contribution in [3.63, 3.8) is 0 Å². The maximum absolute atomic E-state index is 9.99. The van der Waals surface area contributed by atoms with Crippen LogP contribution < -0.4 is 5.32 Å². The first kappa shape index (κ1) is 12.6. The molecule has 0 aliphatic rings. The lowest BCUT2D eigenvalue weighted by Gasteiger charge is -1.80. The van der Waals surface area contributed by atoms with Crippen molar-refractivity contribution in [2.45, 2.75) is 13.8 Å². The normalized spacial score (nSPS) is 6.55. The first-order valence-electron chi connectivity index (χ1n) is 3.09. The Morgan fingerprint density at radius 3 is 2.00 bits per heavy atom. The highest BCUT2D eigenvalue weighted by Crippen LogP contribution is 1.52.